The van der Waals surface area contributed by atoms with Gasteiger partial charge >= 0.3 is 0 Å². The summed E-state index contributed by atoms with van der Waals surface area (Å²) in [6.45, 7) is 0. The van der Waals surface area contributed by atoms with Crippen LogP contribution in [0.25, 0.3) is 104 Å². The van der Waals surface area contributed by atoms with E-state index in [2.05, 4.69) is 240 Å². The third-order valence-electron chi connectivity index (χ3n) is 13.0. The van der Waals surface area contributed by atoms with E-state index in [9.17, 15) is 0 Å². The maximum atomic E-state index is 6.72. The molecule has 0 aliphatic heterocycles. The Morgan fingerprint density at radius 1 is 0.349 bits per heavy atom. The van der Waals surface area contributed by atoms with E-state index in [1.165, 1.54) is 60.0 Å². The molecular weight excluding hydrogens is 765 g/mol. The smallest absolute Gasteiger partial charge is 0.143 e. The van der Waals surface area contributed by atoms with Crippen LogP contribution < -0.4 is 4.90 Å². The number of hydrogen-bond donors (Lipinski definition) is 0. The van der Waals surface area contributed by atoms with E-state index in [0.29, 0.717) is 0 Å². The van der Waals surface area contributed by atoms with Crippen LogP contribution in [0, 0.1) is 0 Å². The maximum absolute atomic E-state index is 6.72. The molecule has 0 aliphatic carbocycles. The first-order valence-electron chi connectivity index (χ1n) is 21.6. The summed E-state index contributed by atoms with van der Waals surface area (Å²) < 4.78 is 9.14. The molecule has 3 nitrogen and oxygen atoms in total. The van der Waals surface area contributed by atoms with Crippen molar-refractivity contribution in [3.05, 3.63) is 231 Å². The molecule has 13 aromatic rings. The molecule has 63 heavy (non-hydrogen) atoms. The Morgan fingerprint density at radius 3 is 1.63 bits per heavy atom. The summed E-state index contributed by atoms with van der Waals surface area (Å²) in [5.74, 6) is 0. The zero-order valence-electron chi connectivity index (χ0n) is 34.2. The van der Waals surface area contributed by atoms with Gasteiger partial charge in [-0.15, -0.1) is 0 Å². The van der Waals surface area contributed by atoms with Gasteiger partial charge in [-0.05, 0) is 110 Å². The summed E-state index contributed by atoms with van der Waals surface area (Å²) in [4.78, 5) is 2.38. The summed E-state index contributed by atoms with van der Waals surface area (Å²) in [7, 11) is 0. The standard InChI is InChI=1S/C60H38N2O/c1-3-14-47-40(12-1)24-25-44-38-43(31-36-48(44)47)39-26-32-45(33-27-39)61(57-22-11-23-58-59(57)53-37-30-41-13-2-4-16-50(41)60(53)63-58)46-34-28-42(29-35-46)49-15-5-8-19-54(49)62-55-20-9-6-17-51(55)52-18-7-10-21-56(52)62/h1-38H. The average Bonchev–Trinajstić information content (AvgIpc) is 3.91. The van der Waals surface area contributed by atoms with Crippen molar-refractivity contribution in [1.82, 2.24) is 4.57 Å². The molecule has 0 saturated carbocycles. The summed E-state index contributed by atoms with van der Waals surface area (Å²) in [6.07, 6.45) is 0. The van der Waals surface area contributed by atoms with E-state index in [1.807, 2.05) is 0 Å². The Hall–Kier alpha value is -8.40. The first-order chi connectivity index (χ1) is 31.2. The molecule has 0 spiro atoms. The van der Waals surface area contributed by atoms with Gasteiger partial charge in [0.05, 0.1) is 27.8 Å². The first-order valence-corrected chi connectivity index (χ1v) is 21.6. The van der Waals surface area contributed by atoms with E-state index < -0.39 is 0 Å². The highest BCUT2D eigenvalue weighted by molar-refractivity contribution is 6.20. The second-order valence-electron chi connectivity index (χ2n) is 16.5. The third kappa shape index (κ3) is 5.60. The topological polar surface area (TPSA) is 21.3 Å². The summed E-state index contributed by atoms with van der Waals surface area (Å²) in [5, 5.41) is 12.0. The van der Waals surface area contributed by atoms with Crippen molar-refractivity contribution in [2.45, 2.75) is 0 Å². The predicted octanol–water partition coefficient (Wildman–Crippen LogP) is 16.9. The van der Waals surface area contributed by atoms with Crippen molar-refractivity contribution in [3.63, 3.8) is 0 Å². The normalized spacial score (nSPS) is 11.8. The van der Waals surface area contributed by atoms with E-state index in [-0.39, 0.29) is 0 Å². The van der Waals surface area contributed by atoms with E-state index >= 15 is 0 Å². The lowest BCUT2D eigenvalue weighted by Gasteiger charge is -2.27. The highest BCUT2D eigenvalue weighted by Gasteiger charge is 2.21. The Bertz CT molecular complexity index is 3860. The number of furan rings is 1. The highest BCUT2D eigenvalue weighted by atomic mass is 16.3. The summed E-state index contributed by atoms with van der Waals surface area (Å²) in [5.41, 5.74) is 13.2. The van der Waals surface area contributed by atoms with Gasteiger partial charge in [-0.3, -0.25) is 0 Å². The van der Waals surface area contributed by atoms with Crippen LogP contribution in [0.1, 0.15) is 0 Å². The number of para-hydroxylation sites is 3. The Labute approximate surface area is 363 Å². The van der Waals surface area contributed by atoms with Gasteiger partial charge in [0.15, 0.2) is 0 Å². The minimum absolute atomic E-state index is 0.862. The number of anilines is 3. The number of nitrogens with zero attached hydrogens (tertiary/aromatic N) is 2. The van der Waals surface area contributed by atoms with E-state index in [0.717, 1.165) is 61.0 Å². The number of fused-ring (bicyclic) bond motifs is 11. The minimum Gasteiger partial charge on any atom is -0.455 e. The van der Waals surface area contributed by atoms with Crippen molar-refractivity contribution in [2.75, 3.05) is 4.90 Å². The molecule has 0 aliphatic rings. The van der Waals surface area contributed by atoms with Gasteiger partial charge in [0.2, 0.25) is 0 Å². The van der Waals surface area contributed by atoms with Crippen LogP contribution in [-0.2, 0) is 0 Å². The van der Waals surface area contributed by atoms with Gasteiger partial charge in [-0.2, -0.15) is 0 Å². The summed E-state index contributed by atoms with van der Waals surface area (Å²) >= 11 is 0. The molecular formula is C60H38N2O. The largest absolute Gasteiger partial charge is 0.455 e. The van der Waals surface area contributed by atoms with Crippen LogP contribution in [0.3, 0.4) is 0 Å². The SMILES string of the molecule is c1ccc(-n2c3ccccc3c3ccccc32)c(-c2ccc(N(c3ccc(-c4ccc5c(ccc6ccccc65)c4)cc3)c3cccc4oc5c6ccccc6ccc5c34)cc2)c1. The molecule has 0 fully saturated rings. The van der Waals surface area contributed by atoms with E-state index in [4.69, 9.17) is 4.42 Å². The fourth-order valence-electron chi connectivity index (χ4n) is 10.0. The van der Waals surface area contributed by atoms with Crippen LogP contribution in [0.2, 0.25) is 0 Å². The maximum Gasteiger partial charge on any atom is 0.143 e. The Balaban J connectivity index is 0.958. The van der Waals surface area contributed by atoms with Crippen molar-refractivity contribution in [3.8, 4) is 27.9 Å². The fourth-order valence-corrected chi connectivity index (χ4v) is 10.0. The van der Waals surface area contributed by atoms with Gasteiger partial charge in [-0.25, -0.2) is 0 Å². The molecule has 2 heterocycles. The Morgan fingerprint density at radius 2 is 0.889 bits per heavy atom. The number of hydrogen-bond acceptors (Lipinski definition) is 2. The van der Waals surface area contributed by atoms with E-state index in [1.54, 1.807) is 0 Å². The first kappa shape index (κ1) is 35.4. The predicted molar refractivity (Wildman–Crippen MR) is 266 cm³/mol. The molecule has 0 atom stereocenters. The lowest BCUT2D eigenvalue weighted by Crippen LogP contribution is -2.10. The minimum atomic E-state index is 0.862. The molecule has 0 bridgehead atoms. The number of aromatic nitrogens is 1. The molecule has 0 radical (unpaired) electrons. The van der Waals surface area contributed by atoms with Crippen LogP contribution in [0.5, 0.6) is 0 Å². The fraction of sp³-hybridized carbons (Fsp3) is 0. The lowest BCUT2D eigenvalue weighted by atomic mass is 9.97. The average molecular weight is 803 g/mol. The van der Waals surface area contributed by atoms with Crippen molar-refractivity contribution >= 4 is 93.1 Å². The molecule has 13 rings (SSSR count). The Kier molecular flexibility index (Phi) is 7.91. The number of rotatable bonds is 6. The molecule has 0 saturated heterocycles. The van der Waals surface area contributed by atoms with Gasteiger partial charge in [-0.1, -0.05) is 164 Å². The van der Waals surface area contributed by atoms with Crippen LogP contribution >= 0.6 is 0 Å². The zero-order chi connectivity index (χ0) is 41.4. The van der Waals surface area contributed by atoms with Crippen molar-refractivity contribution < 1.29 is 4.42 Å². The highest BCUT2D eigenvalue weighted by Crippen LogP contribution is 2.45. The molecule has 0 N–H and O–H groups in total. The molecule has 294 valence electrons. The van der Waals surface area contributed by atoms with Gasteiger partial charge in [0.25, 0.3) is 0 Å². The van der Waals surface area contributed by atoms with Gasteiger partial charge < -0.3 is 13.9 Å². The van der Waals surface area contributed by atoms with Gasteiger partial charge in [0, 0.05) is 38.5 Å². The molecule has 11 aromatic carbocycles. The van der Waals surface area contributed by atoms with Gasteiger partial charge in [0.1, 0.15) is 11.2 Å². The second-order valence-corrected chi connectivity index (χ2v) is 16.5. The quantitative estimate of drug-likeness (QED) is 0.156. The molecule has 0 unspecified atom stereocenters. The molecule has 0 amide bonds. The molecule has 3 heteroatoms. The monoisotopic (exact) mass is 802 g/mol. The third-order valence-corrected chi connectivity index (χ3v) is 13.0. The van der Waals surface area contributed by atoms with Crippen molar-refractivity contribution in [2.24, 2.45) is 0 Å². The number of benzene rings is 11. The van der Waals surface area contributed by atoms with Crippen molar-refractivity contribution in [1.29, 1.82) is 0 Å². The van der Waals surface area contributed by atoms with Crippen LogP contribution in [0.15, 0.2) is 235 Å². The van der Waals surface area contributed by atoms with Crippen LogP contribution in [0.4, 0.5) is 17.1 Å². The van der Waals surface area contributed by atoms with Crippen LogP contribution in [-0.4, -0.2) is 4.57 Å². The zero-order valence-corrected chi connectivity index (χ0v) is 34.2. The second kappa shape index (κ2) is 14.1. The molecule has 2 aromatic heterocycles. The summed E-state index contributed by atoms with van der Waals surface area (Å²) in [6, 6.07) is 83.5. The lowest BCUT2D eigenvalue weighted by molar-refractivity contribution is 0.672.